The minimum absolute atomic E-state index is 0.107. The van der Waals surface area contributed by atoms with Gasteiger partial charge in [-0.15, -0.1) is 0 Å². The van der Waals surface area contributed by atoms with E-state index < -0.39 is 0 Å². The molecule has 0 aliphatic rings. The SMILES string of the molecule is CCOc1ccc(CNC(=O)CCc2nc(-c3ccc(Cl)cc3)no2)cc1OC. The van der Waals surface area contributed by atoms with E-state index in [2.05, 4.69) is 15.5 Å². The number of methoxy groups -OCH3 is 1. The van der Waals surface area contributed by atoms with Gasteiger partial charge in [0.25, 0.3) is 0 Å². The number of amides is 1. The Morgan fingerprint density at radius 3 is 2.69 bits per heavy atom. The largest absolute Gasteiger partial charge is 0.493 e. The van der Waals surface area contributed by atoms with Crippen molar-refractivity contribution in [3.63, 3.8) is 0 Å². The first kappa shape index (κ1) is 20.7. The molecule has 0 aliphatic heterocycles. The van der Waals surface area contributed by atoms with Gasteiger partial charge in [-0.3, -0.25) is 4.79 Å². The molecule has 0 atom stereocenters. The number of carbonyl (C=O) groups is 1. The van der Waals surface area contributed by atoms with Crippen LogP contribution in [-0.2, 0) is 17.8 Å². The fourth-order valence-electron chi connectivity index (χ4n) is 2.68. The van der Waals surface area contributed by atoms with Gasteiger partial charge in [0.1, 0.15) is 0 Å². The standard InChI is InChI=1S/C21H22ClN3O4/c1-3-28-17-9-4-14(12-18(17)27-2)13-23-19(26)10-11-20-24-21(25-29-20)15-5-7-16(22)8-6-15/h4-9,12H,3,10-11,13H2,1-2H3,(H,23,26). The van der Waals surface area contributed by atoms with Gasteiger partial charge in [-0.2, -0.15) is 4.98 Å². The van der Waals surface area contributed by atoms with Crippen molar-refractivity contribution in [3.8, 4) is 22.9 Å². The van der Waals surface area contributed by atoms with Crippen LogP contribution in [0.1, 0.15) is 24.8 Å². The molecule has 7 nitrogen and oxygen atoms in total. The average molecular weight is 416 g/mol. The molecule has 1 N–H and O–H groups in total. The van der Waals surface area contributed by atoms with Crippen molar-refractivity contribution < 1.29 is 18.8 Å². The van der Waals surface area contributed by atoms with E-state index in [4.69, 9.17) is 25.6 Å². The predicted molar refractivity (Wildman–Crippen MR) is 109 cm³/mol. The lowest BCUT2D eigenvalue weighted by molar-refractivity contribution is -0.121. The maximum Gasteiger partial charge on any atom is 0.227 e. The van der Waals surface area contributed by atoms with Crippen LogP contribution < -0.4 is 14.8 Å². The fourth-order valence-corrected chi connectivity index (χ4v) is 2.80. The minimum atomic E-state index is -0.107. The quantitative estimate of drug-likeness (QED) is 0.567. The van der Waals surface area contributed by atoms with Crippen molar-refractivity contribution >= 4 is 17.5 Å². The molecule has 0 radical (unpaired) electrons. The third-order valence-electron chi connectivity index (χ3n) is 4.15. The minimum Gasteiger partial charge on any atom is -0.493 e. The summed E-state index contributed by atoms with van der Waals surface area (Å²) >= 11 is 5.88. The third-order valence-corrected chi connectivity index (χ3v) is 4.41. The summed E-state index contributed by atoms with van der Waals surface area (Å²) in [4.78, 5) is 16.5. The van der Waals surface area contributed by atoms with E-state index >= 15 is 0 Å². The summed E-state index contributed by atoms with van der Waals surface area (Å²) < 4.78 is 16.0. The van der Waals surface area contributed by atoms with E-state index in [0.29, 0.717) is 47.8 Å². The van der Waals surface area contributed by atoms with Gasteiger partial charge < -0.3 is 19.3 Å². The van der Waals surface area contributed by atoms with Crippen molar-refractivity contribution in [1.82, 2.24) is 15.5 Å². The molecule has 3 aromatic rings. The summed E-state index contributed by atoms with van der Waals surface area (Å²) in [5.74, 6) is 2.09. The second kappa shape index (κ2) is 9.93. The first-order valence-corrected chi connectivity index (χ1v) is 9.61. The molecule has 3 rings (SSSR count). The fraction of sp³-hybridized carbons (Fsp3) is 0.286. The molecule has 0 saturated carbocycles. The lowest BCUT2D eigenvalue weighted by Crippen LogP contribution is -2.23. The molecule has 1 heterocycles. The number of nitrogens with zero attached hydrogens (tertiary/aromatic N) is 2. The lowest BCUT2D eigenvalue weighted by Gasteiger charge is -2.11. The Kier molecular flexibility index (Phi) is 7.08. The van der Waals surface area contributed by atoms with Crippen molar-refractivity contribution in [2.75, 3.05) is 13.7 Å². The van der Waals surface area contributed by atoms with Gasteiger partial charge >= 0.3 is 0 Å². The van der Waals surface area contributed by atoms with Crippen LogP contribution in [-0.4, -0.2) is 29.8 Å². The topological polar surface area (TPSA) is 86.5 Å². The zero-order valence-electron chi connectivity index (χ0n) is 16.3. The van der Waals surface area contributed by atoms with Crippen molar-refractivity contribution in [3.05, 3.63) is 58.9 Å². The lowest BCUT2D eigenvalue weighted by atomic mass is 10.2. The molecule has 2 aromatic carbocycles. The van der Waals surface area contributed by atoms with Gasteiger partial charge in [-0.1, -0.05) is 22.8 Å². The highest BCUT2D eigenvalue weighted by Crippen LogP contribution is 2.28. The van der Waals surface area contributed by atoms with E-state index in [1.807, 2.05) is 37.3 Å². The molecule has 0 saturated heterocycles. The van der Waals surface area contributed by atoms with Crippen LogP contribution >= 0.6 is 11.6 Å². The Morgan fingerprint density at radius 1 is 1.17 bits per heavy atom. The Morgan fingerprint density at radius 2 is 1.97 bits per heavy atom. The van der Waals surface area contributed by atoms with Crippen LogP contribution in [0.5, 0.6) is 11.5 Å². The average Bonchev–Trinajstić information content (AvgIpc) is 3.21. The van der Waals surface area contributed by atoms with Gasteiger partial charge in [0.2, 0.25) is 17.6 Å². The van der Waals surface area contributed by atoms with Crippen LogP contribution in [0.2, 0.25) is 5.02 Å². The number of carbonyl (C=O) groups excluding carboxylic acids is 1. The van der Waals surface area contributed by atoms with Gasteiger partial charge in [0.05, 0.1) is 13.7 Å². The summed E-state index contributed by atoms with van der Waals surface area (Å²) in [5.41, 5.74) is 1.72. The highest BCUT2D eigenvalue weighted by molar-refractivity contribution is 6.30. The number of aryl methyl sites for hydroxylation is 1. The summed E-state index contributed by atoms with van der Waals surface area (Å²) in [5, 5.41) is 7.46. The third kappa shape index (κ3) is 5.71. The van der Waals surface area contributed by atoms with Crippen molar-refractivity contribution in [1.29, 1.82) is 0 Å². The molecule has 1 aromatic heterocycles. The number of rotatable bonds is 9. The Bertz CT molecular complexity index is 957. The number of hydrogen-bond acceptors (Lipinski definition) is 6. The Labute approximate surface area is 174 Å². The molecule has 0 fully saturated rings. The molecular weight excluding hydrogens is 394 g/mol. The van der Waals surface area contributed by atoms with Crippen molar-refractivity contribution in [2.45, 2.75) is 26.3 Å². The van der Waals surface area contributed by atoms with E-state index in [0.717, 1.165) is 11.1 Å². The number of benzene rings is 2. The van der Waals surface area contributed by atoms with E-state index in [1.165, 1.54) is 0 Å². The first-order chi connectivity index (χ1) is 14.1. The number of hydrogen-bond donors (Lipinski definition) is 1. The van der Waals surface area contributed by atoms with Gasteiger partial charge in [0.15, 0.2) is 11.5 Å². The predicted octanol–water partition coefficient (Wildman–Crippen LogP) is 4.05. The molecule has 152 valence electrons. The van der Waals surface area contributed by atoms with Crippen molar-refractivity contribution in [2.24, 2.45) is 0 Å². The Balaban J connectivity index is 1.50. The summed E-state index contributed by atoms with van der Waals surface area (Å²) in [6, 6.07) is 12.7. The summed E-state index contributed by atoms with van der Waals surface area (Å²) in [6.45, 7) is 2.86. The normalized spacial score (nSPS) is 10.6. The van der Waals surface area contributed by atoms with Crippen LogP contribution in [0.15, 0.2) is 47.0 Å². The maximum absolute atomic E-state index is 12.2. The van der Waals surface area contributed by atoms with Crippen LogP contribution in [0, 0.1) is 0 Å². The number of aromatic nitrogens is 2. The van der Waals surface area contributed by atoms with E-state index in [1.54, 1.807) is 19.2 Å². The molecule has 0 aliphatic carbocycles. The second-order valence-corrected chi connectivity index (χ2v) is 6.65. The molecule has 8 heteroatoms. The molecule has 1 amide bonds. The van der Waals surface area contributed by atoms with E-state index in [-0.39, 0.29) is 12.3 Å². The van der Waals surface area contributed by atoms with Crippen LogP contribution in [0.3, 0.4) is 0 Å². The number of halogens is 1. The summed E-state index contributed by atoms with van der Waals surface area (Å²) in [6.07, 6.45) is 0.607. The second-order valence-electron chi connectivity index (χ2n) is 6.21. The number of nitrogens with one attached hydrogen (secondary N) is 1. The highest BCUT2D eigenvalue weighted by Gasteiger charge is 2.11. The molecule has 29 heavy (non-hydrogen) atoms. The van der Waals surface area contributed by atoms with Crippen LogP contribution in [0.25, 0.3) is 11.4 Å². The molecule has 0 unspecified atom stereocenters. The zero-order valence-corrected chi connectivity index (χ0v) is 17.0. The van der Waals surface area contributed by atoms with E-state index in [9.17, 15) is 4.79 Å². The highest BCUT2D eigenvalue weighted by atomic mass is 35.5. The maximum atomic E-state index is 12.2. The summed E-state index contributed by atoms with van der Waals surface area (Å²) in [7, 11) is 1.59. The van der Waals surface area contributed by atoms with Gasteiger partial charge in [-0.25, -0.2) is 0 Å². The zero-order chi connectivity index (χ0) is 20.6. The van der Waals surface area contributed by atoms with Gasteiger partial charge in [0, 0.05) is 30.0 Å². The molecular formula is C21H22ClN3O4. The smallest absolute Gasteiger partial charge is 0.227 e. The van der Waals surface area contributed by atoms with Crippen LogP contribution in [0.4, 0.5) is 0 Å². The number of ether oxygens (including phenoxy) is 2. The Hall–Kier alpha value is -3.06. The van der Waals surface area contributed by atoms with Gasteiger partial charge in [-0.05, 0) is 48.9 Å². The monoisotopic (exact) mass is 415 g/mol. The molecule has 0 bridgehead atoms. The first-order valence-electron chi connectivity index (χ1n) is 9.24. The molecule has 0 spiro atoms.